The lowest BCUT2D eigenvalue weighted by Gasteiger charge is -2.01. The standard InChI is InChI=1S/C15H12ClN5O/c16-11-8-6-10(7-9-11)13(22)18-15-19-14(17)21(20-15)12-4-2-1-3-5-12/h1-9H,(H3,17,18,19,20,22). The van der Waals surface area contributed by atoms with Crippen molar-refractivity contribution in [3.63, 3.8) is 0 Å². The van der Waals surface area contributed by atoms with Gasteiger partial charge in [-0.05, 0) is 36.4 Å². The summed E-state index contributed by atoms with van der Waals surface area (Å²) in [5.41, 5.74) is 7.05. The number of amides is 1. The van der Waals surface area contributed by atoms with E-state index in [0.29, 0.717) is 10.6 Å². The van der Waals surface area contributed by atoms with Crippen LogP contribution in [0.4, 0.5) is 11.9 Å². The molecular weight excluding hydrogens is 302 g/mol. The summed E-state index contributed by atoms with van der Waals surface area (Å²) >= 11 is 5.79. The minimum absolute atomic E-state index is 0.140. The number of rotatable bonds is 3. The molecule has 3 N–H and O–H groups in total. The maximum atomic E-state index is 12.1. The van der Waals surface area contributed by atoms with Crippen LogP contribution in [0.3, 0.4) is 0 Å². The third kappa shape index (κ3) is 2.91. The van der Waals surface area contributed by atoms with Crippen molar-refractivity contribution in [2.24, 2.45) is 0 Å². The second kappa shape index (κ2) is 5.87. The van der Waals surface area contributed by atoms with E-state index in [2.05, 4.69) is 15.4 Å². The highest BCUT2D eigenvalue weighted by Gasteiger charge is 2.12. The number of nitrogens with zero attached hydrogens (tertiary/aromatic N) is 3. The Hall–Kier alpha value is -2.86. The second-order valence-electron chi connectivity index (χ2n) is 4.50. The molecule has 7 heteroatoms. The molecule has 1 heterocycles. The third-order valence-corrected chi connectivity index (χ3v) is 3.22. The number of carbonyl (C=O) groups excluding carboxylic acids is 1. The summed E-state index contributed by atoms with van der Waals surface area (Å²) in [4.78, 5) is 16.1. The average molecular weight is 314 g/mol. The Bertz CT molecular complexity index is 799. The first-order valence-electron chi connectivity index (χ1n) is 6.48. The van der Waals surface area contributed by atoms with Gasteiger partial charge < -0.3 is 5.73 Å². The summed E-state index contributed by atoms with van der Waals surface area (Å²) in [7, 11) is 0. The first kappa shape index (κ1) is 14.1. The predicted octanol–water partition coefficient (Wildman–Crippen LogP) is 2.76. The third-order valence-electron chi connectivity index (χ3n) is 2.96. The van der Waals surface area contributed by atoms with E-state index in [0.717, 1.165) is 5.69 Å². The van der Waals surface area contributed by atoms with Gasteiger partial charge in [0, 0.05) is 10.6 Å². The molecule has 0 aliphatic heterocycles. The van der Waals surface area contributed by atoms with Gasteiger partial charge in [0.1, 0.15) is 0 Å². The maximum absolute atomic E-state index is 12.1. The topological polar surface area (TPSA) is 85.8 Å². The second-order valence-corrected chi connectivity index (χ2v) is 4.94. The first-order chi connectivity index (χ1) is 10.6. The fourth-order valence-electron chi connectivity index (χ4n) is 1.91. The highest BCUT2D eigenvalue weighted by Crippen LogP contribution is 2.15. The Labute approximate surface area is 131 Å². The van der Waals surface area contributed by atoms with Crippen molar-refractivity contribution in [1.82, 2.24) is 14.8 Å². The lowest BCUT2D eigenvalue weighted by Crippen LogP contribution is -2.13. The van der Waals surface area contributed by atoms with Crippen molar-refractivity contribution >= 4 is 29.4 Å². The number of carbonyl (C=O) groups is 1. The van der Waals surface area contributed by atoms with Crippen LogP contribution in [0.25, 0.3) is 5.69 Å². The van der Waals surface area contributed by atoms with Gasteiger partial charge in [0.05, 0.1) is 5.69 Å². The Balaban J connectivity index is 1.82. The molecule has 0 radical (unpaired) electrons. The molecule has 0 aliphatic carbocycles. The number of nitrogens with one attached hydrogen (secondary N) is 1. The number of para-hydroxylation sites is 1. The Morgan fingerprint density at radius 1 is 1.09 bits per heavy atom. The SMILES string of the molecule is Nc1nc(NC(=O)c2ccc(Cl)cc2)nn1-c1ccccc1. The quantitative estimate of drug-likeness (QED) is 0.778. The highest BCUT2D eigenvalue weighted by atomic mass is 35.5. The minimum atomic E-state index is -0.332. The molecule has 0 aliphatic rings. The maximum Gasteiger partial charge on any atom is 0.258 e. The van der Waals surface area contributed by atoms with E-state index in [1.807, 2.05) is 30.3 Å². The smallest absolute Gasteiger partial charge is 0.258 e. The lowest BCUT2D eigenvalue weighted by molar-refractivity contribution is 0.102. The van der Waals surface area contributed by atoms with Crippen LogP contribution in [-0.4, -0.2) is 20.7 Å². The van der Waals surface area contributed by atoms with Crippen molar-refractivity contribution in [2.75, 3.05) is 11.1 Å². The van der Waals surface area contributed by atoms with Crippen molar-refractivity contribution < 1.29 is 4.79 Å². The zero-order chi connectivity index (χ0) is 15.5. The van der Waals surface area contributed by atoms with Crippen LogP contribution in [0.1, 0.15) is 10.4 Å². The molecule has 0 atom stereocenters. The van der Waals surface area contributed by atoms with Crippen molar-refractivity contribution in [1.29, 1.82) is 0 Å². The lowest BCUT2D eigenvalue weighted by atomic mass is 10.2. The Morgan fingerprint density at radius 3 is 2.45 bits per heavy atom. The summed E-state index contributed by atoms with van der Waals surface area (Å²) in [5, 5.41) is 7.35. The van der Waals surface area contributed by atoms with Crippen LogP contribution >= 0.6 is 11.6 Å². The minimum Gasteiger partial charge on any atom is -0.368 e. The Kier molecular flexibility index (Phi) is 3.76. The molecular formula is C15H12ClN5O. The van der Waals surface area contributed by atoms with Crippen LogP contribution in [0.2, 0.25) is 5.02 Å². The van der Waals surface area contributed by atoms with Crippen LogP contribution in [0, 0.1) is 0 Å². The van der Waals surface area contributed by atoms with Gasteiger partial charge >= 0.3 is 0 Å². The number of nitrogens with two attached hydrogens (primary N) is 1. The number of aromatic nitrogens is 3. The summed E-state index contributed by atoms with van der Waals surface area (Å²) in [6.07, 6.45) is 0. The van der Waals surface area contributed by atoms with Crippen LogP contribution in [-0.2, 0) is 0 Å². The average Bonchev–Trinajstić information content (AvgIpc) is 2.89. The molecule has 0 fully saturated rings. The van der Waals surface area contributed by atoms with Crippen LogP contribution in [0.15, 0.2) is 54.6 Å². The number of hydrogen-bond donors (Lipinski definition) is 2. The van der Waals surface area contributed by atoms with E-state index in [9.17, 15) is 4.79 Å². The van der Waals surface area contributed by atoms with E-state index in [-0.39, 0.29) is 17.8 Å². The van der Waals surface area contributed by atoms with Gasteiger partial charge in [-0.3, -0.25) is 10.1 Å². The molecule has 0 saturated heterocycles. The van der Waals surface area contributed by atoms with Crippen molar-refractivity contribution in [3.8, 4) is 5.69 Å². The van der Waals surface area contributed by atoms with E-state index in [1.54, 1.807) is 24.3 Å². The van der Waals surface area contributed by atoms with E-state index in [1.165, 1.54) is 4.68 Å². The van der Waals surface area contributed by atoms with Crippen LogP contribution in [0.5, 0.6) is 0 Å². The monoisotopic (exact) mass is 313 g/mol. The summed E-state index contributed by atoms with van der Waals surface area (Å²) in [5.74, 6) is 0.000729. The molecule has 2 aromatic carbocycles. The molecule has 1 aromatic heterocycles. The summed E-state index contributed by atoms with van der Waals surface area (Å²) in [6, 6.07) is 15.8. The predicted molar refractivity (Wildman–Crippen MR) is 85.2 cm³/mol. The van der Waals surface area contributed by atoms with Gasteiger partial charge in [-0.15, -0.1) is 5.10 Å². The zero-order valence-corrected chi connectivity index (χ0v) is 12.2. The fourth-order valence-corrected chi connectivity index (χ4v) is 2.04. The molecule has 22 heavy (non-hydrogen) atoms. The van der Waals surface area contributed by atoms with Gasteiger partial charge in [0.15, 0.2) is 0 Å². The van der Waals surface area contributed by atoms with Gasteiger partial charge in [0.25, 0.3) is 11.9 Å². The van der Waals surface area contributed by atoms with Crippen molar-refractivity contribution in [2.45, 2.75) is 0 Å². The van der Waals surface area contributed by atoms with E-state index < -0.39 is 0 Å². The van der Waals surface area contributed by atoms with Gasteiger partial charge in [-0.2, -0.15) is 9.67 Å². The molecule has 3 aromatic rings. The molecule has 3 rings (SSSR count). The number of halogens is 1. The molecule has 0 unspecified atom stereocenters. The van der Waals surface area contributed by atoms with Crippen LogP contribution < -0.4 is 11.1 Å². The normalized spacial score (nSPS) is 10.4. The van der Waals surface area contributed by atoms with E-state index in [4.69, 9.17) is 17.3 Å². The van der Waals surface area contributed by atoms with Gasteiger partial charge in [0.2, 0.25) is 5.95 Å². The fraction of sp³-hybridized carbons (Fsp3) is 0. The van der Waals surface area contributed by atoms with E-state index >= 15 is 0 Å². The molecule has 0 spiro atoms. The first-order valence-corrected chi connectivity index (χ1v) is 6.86. The van der Waals surface area contributed by atoms with Crippen molar-refractivity contribution in [3.05, 3.63) is 65.2 Å². The molecule has 0 bridgehead atoms. The summed E-state index contributed by atoms with van der Waals surface area (Å²) < 4.78 is 1.46. The number of nitrogen functional groups attached to an aromatic ring is 1. The molecule has 0 saturated carbocycles. The summed E-state index contributed by atoms with van der Waals surface area (Å²) in [6.45, 7) is 0. The Morgan fingerprint density at radius 2 is 1.77 bits per heavy atom. The number of hydrogen-bond acceptors (Lipinski definition) is 4. The highest BCUT2D eigenvalue weighted by molar-refractivity contribution is 6.30. The van der Waals surface area contributed by atoms with Gasteiger partial charge in [-0.25, -0.2) is 0 Å². The molecule has 1 amide bonds. The molecule has 110 valence electrons. The zero-order valence-electron chi connectivity index (χ0n) is 11.4. The number of anilines is 2. The number of benzene rings is 2. The van der Waals surface area contributed by atoms with Gasteiger partial charge in [-0.1, -0.05) is 29.8 Å². The largest absolute Gasteiger partial charge is 0.368 e. The molecule has 6 nitrogen and oxygen atoms in total.